The van der Waals surface area contributed by atoms with Crippen LogP contribution in [0.1, 0.15) is 98.9 Å². The highest BCUT2D eigenvalue weighted by Crippen LogP contribution is 2.49. The van der Waals surface area contributed by atoms with Crippen molar-refractivity contribution in [3.8, 4) is 11.3 Å². The van der Waals surface area contributed by atoms with E-state index in [2.05, 4.69) is 31.2 Å². The Morgan fingerprint density at radius 2 is 1.93 bits per heavy atom. The highest BCUT2D eigenvalue weighted by atomic mass is 35.5. The van der Waals surface area contributed by atoms with Gasteiger partial charge in [-0.3, -0.25) is 4.79 Å². The third-order valence-electron chi connectivity index (χ3n) is 8.76. The average molecular weight is 624 g/mol. The molecule has 2 aliphatic rings. The molecular weight excluding hydrogens is 587 g/mol. The number of aromatic nitrogens is 2. The van der Waals surface area contributed by atoms with Crippen LogP contribution in [-0.4, -0.2) is 27.7 Å². The van der Waals surface area contributed by atoms with Crippen LogP contribution in [0.4, 0.5) is 5.13 Å². The van der Waals surface area contributed by atoms with Gasteiger partial charge in [-0.05, 0) is 75.3 Å². The molecule has 220 valence electrons. The Labute approximate surface area is 260 Å². The minimum atomic E-state index is -0.187. The van der Waals surface area contributed by atoms with Crippen LogP contribution in [0, 0.1) is 12.3 Å². The summed E-state index contributed by atoms with van der Waals surface area (Å²) in [6, 6.07) is 9.63. The van der Waals surface area contributed by atoms with Crippen molar-refractivity contribution < 1.29 is 9.32 Å². The fourth-order valence-electron chi connectivity index (χ4n) is 5.52. The molecule has 2 heterocycles. The fraction of sp³-hybridized carbons (Fsp3) is 0.455. The quantitative estimate of drug-likeness (QED) is 0.126. The van der Waals surface area contributed by atoms with E-state index in [-0.39, 0.29) is 17.2 Å². The molecule has 6 nitrogen and oxygen atoms in total. The first-order valence-corrected chi connectivity index (χ1v) is 16.5. The van der Waals surface area contributed by atoms with Gasteiger partial charge in [-0.15, -0.1) is 0 Å². The van der Waals surface area contributed by atoms with E-state index < -0.39 is 0 Å². The third kappa shape index (κ3) is 5.81. The predicted molar refractivity (Wildman–Crippen MR) is 173 cm³/mol. The highest BCUT2D eigenvalue weighted by Gasteiger charge is 2.45. The van der Waals surface area contributed by atoms with Crippen molar-refractivity contribution in [1.29, 1.82) is 0 Å². The van der Waals surface area contributed by atoms with Gasteiger partial charge in [-0.1, -0.05) is 66.5 Å². The number of fused-ring (bicyclic) bond motifs is 1. The second-order valence-electron chi connectivity index (χ2n) is 11.9. The van der Waals surface area contributed by atoms with Gasteiger partial charge in [0.1, 0.15) is 11.5 Å². The number of aliphatic imine (C=N–C) groups is 1. The van der Waals surface area contributed by atoms with Gasteiger partial charge in [0.05, 0.1) is 20.3 Å². The number of nitrogens with zero attached hydrogens (tertiary/aromatic N) is 3. The number of nitrogens with one attached hydrogen (secondary N) is 1. The number of carbonyl (C=O) groups excluding carboxylic acids is 1. The Kier molecular flexibility index (Phi) is 8.31. The zero-order valence-electron chi connectivity index (χ0n) is 24.5. The summed E-state index contributed by atoms with van der Waals surface area (Å²) in [7, 11) is 0. The molecule has 0 spiro atoms. The van der Waals surface area contributed by atoms with Gasteiger partial charge in [0.2, 0.25) is 5.13 Å². The van der Waals surface area contributed by atoms with Gasteiger partial charge in [0.25, 0.3) is 0 Å². The van der Waals surface area contributed by atoms with Crippen molar-refractivity contribution in [2.45, 2.75) is 91.1 Å². The number of aryl methyl sites for hydroxylation is 1. The fourth-order valence-corrected chi connectivity index (χ4v) is 7.08. The number of rotatable bonds is 12. The van der Waals surface area contributed by atoms with Crippen LogP contribution in [0.3, 0.4) is 0 Å². The Morgan fingerprint density at radius 3 is 2.57 bits per heavy atom. The molecule has 2 saturated carbocycles. The lowest BCUT2D eigenvalue weighted by atomic mass is 9.93. The molecule has 2 aromatic carbocycles. The smallest absolute Gasteiger partial charge is 0.210 e. The van der Waals surface area contributed by atoms with Crippen LogP contribution in [0.15, 0.2) is 39.8 Å². The molecule has 1 unspecified atom stereocenters. The van der Waals surface area contributed by atoms with E-state index >= 15 is 0 Å². The van der Waals surface area contributed by atoms with E-state index in [0.29, 0.717) is 22.5 Å². The van der Waals surface area contributed by atoms with Crippen molar-refractivity contribution in [2.75, 3.05) is 0 Å². The first-order chi connectivity index (χ1) is 20.2. The molecule has 0 bridgehead atoms. The summed E-state index contributed by atoms with van der Waals surface area (Å²) in [5.41, 5.74) is 6.13. The van der Waals surface area contributed by atoms with E-state index in [1.54, 1.807) is 11.3 Å². The number of ketones is 1. The summed E-state index contributed by atoms with van der Waals surface area (Å²) in [4.78, 5) is 22.9. The summed E-state index contributed by atoms with van der Waals surface area (Å²) in [5.74, 6) is 1.60. The molecule has 2 aliphatic carbocycles. The monoisotopic (exact) mass is 622 g/mol. The lowest BCUT2D eigenvalue weighted by molar-refractivity contribution is 0.0912. The SMILES string of the molecule is CC/C(CC(CC)NCc1c(-c2c(Cl)cccc2Cl)noc1C1CC1)=N\c1nc2ccc(C(=O)C3(C)CC3)c(C)c2s1. The second kappa shape index (κ2) is 11.8. The number of carbonyl (C=O) groups is 1. The molecule has 4 aromatic rings. The molecule has 1 N–H and O–H groups in total. The Balaban J connectivity index is 1.21. The van der Waals surface area contributed by atoms with Gasteiger partial charge < -0.3 is 9.84 Å². The van der Waals surface area contributed by atoms with Crippen LogP contribution in [0.25, 0.3) is 21.5 Å². The maximum Gasteiger partial charge on any atom is 0.210 e. The van der Waals surface area contributed by atoms with Crippen molar-refractivity contribution in [1.82, 2.24) is 15.5 Å². The Bertz CT molecular complexity index is 1660. The van der Waals surface area contributed by atoms with Crippen molar-refractivity contribution in [2.24, 2.45) is 10.4 Å². The second-order valence-corrected chi connectivity index (χ2v) is 13.7. The minimum absolute atomic E-state index is 0.187. The van der Waals surface area contributed by atoms with Crippen LogP contribution < -0.4 is 5.32 Å². The summed E-state index contributed by atoms with van der Waals surface area (Å²) in [6.45, 7) is 9.04. The molecular formula is C33H36Cl2N4O2S. The summed E-state index contributed by atoms with van der Waals surface area (Å²) in [6.07, 6.45) is 6.74. The minimum Gasteiger partial charge on any atom is -0.360 e. The Morgan fingerprint density at radius 1 is 1.19 bits per heavy atom. The number of hydrogen-bond acceptors (Lipinski definition) is 7. The molecule has 0 amide bonds. The Hall–Kier alpha value is -2.58. The number of hydrogen-bond donors (Lipinski definition) is 1. The predicted octanol–water partition coefficient (Wildman–Crippen LogP) is 9.87. The normalized spacial score (nSPS) is 17.1. The molecule has 2 aromatic heterocycles. The van der Waals surface area contributed by atoms with E-state index in [9.17, 15) is 4.79 Å². The van der Waals surface area contributed by atoms with E-state index in [4.69, 9.17) is 37.7 Å². The van der Waals surface area contributed by atoms with E-state index in [1.165, 1.54) is 0 Å². The molecule has 0 radical (unpaired) electrons. The van der Waals surface area contributed by atoms with Crippen LogP contribution in [0.5, 0.6) is 0 Å². The molecule has 6 rings (SSSR count). The largest absolute Gasteiger partial charge is 0.360 e. The van der Waals surface area contributed by atoms with Crippen LogP contribution >= 0.6 is 34.5 Å². The lowest BCUT2D eigenvalue weighted by Crippen LogP contribution is -2.30. The highest BCUT2D eigenvalue weighted by molar-refractivity contribution is 7.22. The molecule has 9 heteroatoms. The molecule has 42 heavy (non-hydrogen) atoms. The molecule has 0 saturated heterocycles. The standard InChI is InChI=1S/C33H36Cl2N4O2S/c1-5-20(36-17-23-28(39-41-29(23)19-10-11-19)27-24(34)8-7-9-25(27)35)16-21(6-2)37-32-38-26-13-12-22(18(3)30(26)42-32)31(40)33(4)14-15-33/h7-9,12-13,19-20,36H,5-6,10-11,14-17H2,1-4H3/b37-21+. The van der Waals surface area contributed by atoms with Crippen molar-refractivity contribution >= 4 is 61.4 Å². The van der Waals surface area contributed by atoms with Crippen molar-refractivity contribution in [3.63, 3.8) is 0 Å². The molecule has 0 aliphatic heterocycles. The first-order valence-electron chi connectivity index (χ1n) is 14.9. The van der Waals surface area contributed by atoms with Gasteiger partial charge in [0, 0.05) is 52.7 Å². The molecule has 1 atom stereocenters. The van der Waals surface area contributed by atoms with Crippen LogP contribution in [0.2, 0.25) is 10.0 Å². The number of benzene rings is 2. The zero-order valence-corrected chi connectivity index (χ0v) is 26.8. The van der Waals surface area contributed by atoms with E-state index in [0.717, 1.165) is 99.7 Å². The van der Waals surface area contributed by atoms with Crippen molar-refractivity contribution in [3.05, 3.63) is 62.8 Å². The zero-order chi connectivity index (χ0) is 29.6. The van der Waals surface area contributed by atoms with E-state index in [1.807, 2.05) is 37.3 Å². The third-order valence-corrected chi connectivity index (χ3v) is 10.5. The van der Waals surface area contributed by atoms with Gasteiger partial charge in [-0.2, -0.15) is 0 Å². The lowest BCUT2D eigenvalue weighted by Gasteiger charge is -2.18. The molecule has 2 fully saturated rings. The van der Waals surface area contributed by atoms with Gasteiger partial charge in [-0.25, -0.2) is 9.98 Å². The number of halogens is 2. The van der Waals surface area contributed by atoms with Crippen LogP contribution in [-0.2, 0) is 6.54 Å². The number of Topliss-reactive ketones (excluding diaryl/α,β-unsaturated/α-hetero) is 1. The van der Waals surface area contributed by atoms with Gasteiger partial charge >= 0.3 is 0 Å². The summed E-state index contributed by atoms with van der Waals surface area (Å²) in [5, 5.41) is 10.1. The summed E-state index contributed by atoms with van der Waals surface area (Å²) >= 11 is 14.7. The summed E-state index contributed by atoms with van der Waals surface area (Å²) < 4.78 is 6.91. The number of thiazole rings is 1. The topological polar surface area (TPSA) is 80.4 Å². The van der Waals surface area contributed by atoms with Gasteiger partial charge in [0.15, 0.2) is 5.78 Å². The maximum absolute atomic E-state index is 13.0. The first kappa shape index (κ1) is 29.5. The average Bonchev–Trinajstić information content (AvgIpc) is 3.88. The maximum atomic E-state index is 13.0.